The van der Waals surface area contributed by atoms with E-state index in [-0.39, 0.29) is 29.6 Å². The monoisotopic (exact) mass is 587 g/mol. The van der Waals surface area contributed by atoms with E-state index in [1.54, 1.807) is 43.6 Å². The molecule has 43 heavy (non-hydrogen) atoms. The molecule has 0 atom stereocenters. The molecule has 2 aliphatic rings. The van der Waals surface area contributed by atoms with Crippen molar-refractivity contribution >= 4 is 29.0 Å². The summed E-state index contributed by atoms with van der Waals surface area (Å²) in [6, 6.07) is 10.5. The first-order valence-corrected chi connectivity index (χ1v) is 14.5. The summed E-state index contributed by atoms with van der Waals surface area (Å²) in [6.07, 6.45) is 4.28. The van der Waals surface area contributed by atoms with Gasteiger partial charge in [-0.1, -0.05) is 11.0 Å². The van der Waals surface area contributed by atoms with E-state index in [2.05, 4.69) is 20.5 Å². The summed E-state index contributed by atoms with van der Waals surface area (Å²) in [6.45, 7) is 7.01. The van der Waals surface area contributed by atoms with E-state index < -0.39 is 0 Å². The summed E-state index contributed by atoms with van der Waals surface area (Å²) in [5.74, 6) is 0.804. The number of hydrogen-bond acceptors (Lipinski definition) is 8. The van der Waals surface area contributed by atoms with Gasteiger partial charge in [0.05, 0.1) is 18.9 Å². The Morgan fingerprint density at radius 1 is 1.09 bits per heavy atom. The van der Waals surface area contributed by atoms with Gasteiger partial charge in [-0.2, -0.15) is 9.61 Å². The number of aryl methyl sites for hydroxylation is 3. The number of hydrogen-bond donors (Lipinski definition) is 1. The van der Waals surface area contributed by atoms with E-state index in [4.69, 9.17) is 9.47 Å². The van der Waals surface area contributed by atoms with Crippen molar-refractivity contribution in [1.82, 2.24) is 29.3 Å². The second kappa shape index (κ2) is 11.6. The van der Waals surface area contributed by atoms with Crippen molar-refractivity contribution in [3.8, 4) is 11.6 Å². The third kappa shape index (κ3) is 6.12. The lowest BCUT2D eigenvalue weighted by atomic mass is 9.77. The minimum atomic E-state index is -0.274. The molecule has 0 bridgehead atoms. The number of carbonyl (C=O) groups excluding carboxylic acids is 2. The molecule has 5 heterocycles. The van der Waals surface area contributed by atoms with E-state index in [1.807, 2.05) is 24.8 Å². The van der Waals surface area contributed by atoms with Crippen LogP contribution in [-0.2, 0) is 16.6 Å². The molecular weight excluding hydrogens is 552 g/mol. The second-order valence-electron chi connectivity index (χ2n) is 11.5. The fourth-order valence-corrected chi connectivity index (χ4v) is 5.51. The quantitative estimate of drug-likeness (QED) is 0.291. The number of anilines is 1. The molecule has 1 N–H and O–H groups in total. The molecule has 2 fully saturated rings. The number of imidazole rings is 1. The molecule has 1 aromatic carbocycles. The highest BCUT2D eigenvalue weighted by Gasteiger charge is 2.41. The normalized spacial score (nSPS) is 15.8. The zero-order chi connectivity index (χ0) is 30.1. The molecule has 0 saturated carbocycles. The van der Waals surface area contributed by atoms with E-state index in [0.29, 0.717) is 41.5 Å². The Morgan fingerprint density at radius 3 is 2.58 bits per heavy atom. The zero-order valence-corrected chi connectivity index (χ0v) is 24.6. The van der Waals surface area contributed by atoms with E-state index in [1.165, 1.54) is 9.20 Å². The summed E-state index contributed by atoms with van der Waals surface area (Å²) in [7, 11) is 1.72. The highest BCUT2D eigenvalue weighted by Crippen LogP contribution is 2.38. The lowest BCUT2D eigenvalue weighted by Crippen LogP contribution is -2.52. The molecule has 2 saturated heterocycles. The Labute approximate surface area is 248 Å². The van der Waals surface area contributed by atoms with Crippen molar-refractivity contribution in [3.63, 3.8) is 0 Å². The number of carbonyl (C=O) groups is 2. The number of nitroso groups, excluding NO2 is 1. The largest absolute Gasteiger partial charge is 0.438 e. The second-order valence-corrected chi connectivity index (χ2v) is 11.5. The molecule has 13 heteroatoms. The fourth-order valence-electron chi connectivity index (χ4n) is 5.51. The van der Waals surface area contributed by atoms with Gasteiger partial charge in [-0.05, 0) is 60.6 Å². The van der Waals surface area contributed by atoms with Gasteiger partial charge in [-0.15, -0.1) is 5.10 Å². The molecule has 0 aliphatic carbocycles. The van der Waals surface area contributed by atoms with Gasteiger partial charge in [0.25, 0.3) is 11.6 Å². The van der Waals surface area contributed by atoms with Crippen LogP contribution in [0.5, 0.6) is 11.6 Å². The van der Waals surface area contributed by atoms with Crippen LogP contribution in [0.1, 0.15) is 47.4 Å². The predicted octanol–water partition coefficient (Wildman–Crippen LogP) is 3.95. The number of aromatic nitrogens is 5. The zero-order valence-electron chi connectivity index (χ0n) is 24.6. The minimum Gasteiger partial charge on any atom is -0.438 e. The van der Waals surface area contributed by atoms with Gasteiger partial charge in [0.2, 0.25) is 11.8 Å². The predicted molar refractivity (Wildman–Crippen MR) is 157 cm³/mol. The Hall–Kier alpha value is -4.65. The van der Waals surface area contributed by atoms with Crippen LogP contribution in [0.2, 0.25) is 0 Å². The first-order valence-electron chi connectivity index (χ1n) is 14.5. The van der Waals surface area contributed by atoms with Crippen LogP contribution in [-0.4, -0.2) is 78.7 Å². The van der Waals surface area contributed by atoms with Gasteiger partial charge in [-0.25, -0.2) is 0 Å². The summed E-state index contributed by atoms with van der Waals surface area (Å²) >= 11 is 0. The number of likely N-dealkylation sites (tertiary alicyclic amines) is 1. The summed E-state index contributed by atoms with van der Waals surface area (Å²) < 4.78 is 15.1. The first-order chi connectivity index (χ1) is 20.7. The standard InChI is InChI=1S/C30H34N8O5/c1-20-6-7-22(16-23(20)31-29(40)24-15-21(2)33-35(24)3)43-27-9-8-25-32-26(17-37(25)34-27)38(41)12-4-5-28(39)36-13-10-30(11-14-36)18-42-19-30/h6-9,15-17H,4-5,10-14,18-19H2,1-3H3/p+1. The van der Waals surface area contributed by atoms with E-state index >= 15 is 0 Å². The molecular formula is C30H35N8O5+. The van der Waals surface area contributed by atoms with Crippen LogP contribution in [0.25, 0.3) is 5.65 Å². The van der Waals surface area contributed by atoms with E-state index in [0.717, 1.165) is 55.2 Å². The average molecular weight is 588 g/mol. The van der Waals surface area contributed by atoms with Gasteiger partial charge >= 0.3 is 5.82 Å². The molecule has 4 aromatic rings. The van der Waals surface area contributed by atoms with Crippen molar-refractivity contribution in [1.29, 1.82) is 0 Å². The summed E-state index contributed by atoms with van der Waals surface area (Å²) in [4.78, 5) is 44.5. The number of nitrogens with zero attached hydrogens (tertiary/aromatic N) is 7. The first kappa shape index (κ1) is 28.5. The molecule has 2 aliphatic heterocycles. The summed E-state index contributed by atoms with van der Waals surface area (Å²) in [5, 5.41) is 11.6. The Balaban J connectivity index is 1.04. The number of fused-ring (bicyclic) bond motifs is 1. The van der Waals surface area contributed by atoms with Crippen LogP contribution in [0.3, 0.4) is 0 Å². The number of benzene rings is 1. The van der Waals surface area contributed by atoms with Crippen LogP contribution < -0.4 is 10.1 Å². The maximum absolute atomic E-state index is 12.8. The number of ether oxygens (including phenoxy) is 2. The molecule has 0 radical (unpaired) electrons. The molecule has 3 aromatic heterocycles. The lowest BCUT2D eigenvalue weighted by molar-refractivity contribution is -0.467. The fraction of sp³-hybridized carbons (Fsp3) is 0.433. The van der Waals surface area contributed by atoms with Gasteiger partial charge in [0.1, 0.15) is 24.2 Å². The highest BCUT2D eigenvalue weighted by atomic mass is 16.5. The average Bonchev–Trinajstić information content (AvgIpc) is 3.55. The minimum absolute atomic E-state index is 0.0906. The van der Waals surface area contributed by atoms with Crippen molar-refractivity contribution in [3.05, 3.63) is 64.5 Å². The van der Waals surface area contributed by atoms with Crippen molar-refractivity contribution in [2.45, 2.75) is 39.5 Å². The number of rotatable bonds is 9. The topological polar surface area (TPSA) is 136 Å². The van der Waals surface area contributed by atoms with Crippen LogP contribution in [0.15, 0.2) is 42.6 Å². The molecule has 13 nitrogen and oxygen atoms in total. The SMILES string of the molecule is Cc1cc(C(=O)Nc2cc(Oc3ccc4nc([N+](=O)CCCC(=O)N5CCC6(CC5)COC6)cn4n3)ccc2C)n(C)n1. The molecule has 2 amide bonds. The third-order valence-corrected chi connectivity index (χ3v) is 8.20. The van der Waals surface area contributed by atoms with Crippen LogP contribution in [0.4, 0.5) is 11.5 Å². The summed E-state index contributed by atoms with van der Waals surface area (Å²) in [5.41, 5.74) is 3.45. The molecule has 6 rings (SSSR count). The van der Waals surface area contributed by atoms with Crippen LogP contribution >= 0.6 is 0 Å². The lowest BCUT2D eigenvalue weighted by Gasteiger charge is -2.47. The molecule has 224 valence electrons. The Kier molecular flexibility index (Phi) is 7.65. The van der Waals surface area contributed by atoms with Gasteiger partial charge < -0.3 is 19.7 Å². The van der Waals surface area contributed by atoms with Crippen molar-refractivity contribution in [2.75, 3.05) is 38.2 Å². The number of nitrogens with one attached hydrogen (secondary N) is 1. The maximum atomic E-state index is 12.8. The Morgan fingerprint density at radius 2 is 1.88 bits per heavy atom. The van der Waals surface area contributed by atoms with Crippen LogP contribution in [0, 0.1) is 24.2 Å². The van der Waals surface area contributed by atoms with Gasteiger partial charge in [-0.3, -0.25) is 14.3 Å². The van der Waals surface area contributed by atoms with E-state index in [9.17, 15) is 14.5 Å². The van der Waals surface area contributed by atoms with Gasteiger partial charge in [0, 0.05) is 55.9 Å². The Bertz CT molecular complexity index is 1700. The van der Waals surface area contributed by atoms with Gasteiger partial charge in [0.15, 0.2) is 0 Å². The highest BCUT2D eigenvalue weighted by molar-refractivity contribution is 6.03. The molecule has 1 spiro atoms. The number of amides is 2. The number of piperidine rings is 1. The smallest absolute Gasteiger partial charge is 0.381 e. The third-order valence-electron chi connectivity index (χ3n) is 8.20. The molecule has 0 unspecified atom stereocenters. The van der Waals surface area contributed by atoms with Crippen molar-refractivity contribution in [2.24, 2.45) is 12.5 Å². The van der Waals surface area contributed by atoms with Crippen molar-refractivity contribution < 1.29 is 23.8 Å². The maximum Gasteiger partial charge on any atom is 0.381 e.